The first-order chi connectivity index (χ1) is 9.65. The average Bonchev–Trinajstić information content (AvgIpc) is 2.65. The van der Waals surface area contributed by atoms with Crippen LogP contribution in [-0.2, 0) is 11.3 Å². The summed E-state index contributed by atoms with van der Waals surface area (Å²) in [5.41, 5.74) is 6.82. The number of hydrogen-bond acceptors (Lipinski definition) is 4. The molecule has 1 aromatic heterocycles. The van der Waals surface area contributed by atoms with Crippen molar-refractivity contribution in [3.8, 4) is 0 Å². The number of methoxy groups -OCH3 is 1. The second-order valence-corrected chi connectivity index (χ2v) is 6.18. The van der Waals surface area contributed by atoms with Crippen LogP contribution >= 0.6 is 15.9 Å². The van der Waals surface area contributed by atoms with Crippen LogP contribution in [0.25, 0.3) is 0 Å². The number of hydrogen-bond donors (Lipinski definition) is 1. The van der Waals surface area contributed by atoms with Gasteiger partial charge in [0.15, 0.2) is 5.78 Å². The van der Waals surface area contributed by atoms with E-state index in [2.05, 4.69) is 21.0 Å². The van der Waals surface area contributed by atoms with Crippen molar-refractivity contribution < 1.29 is 9.53 Å². The van der Waals surface area contributed by atoms with Crippen molar-refractivity contribution in [2.45, 2.75) is 44.7 Å². The molecule has 0 aliphatic heterocycles. The lowest BCUT2D eigenvalue weighted by Gasteiger charge is -2.20. The third-order valence-electron chi connectivity index (χ3n) is 3.94. The zero-order chi connectivity index (χ0) is 14.5. The van der Waals surface area contributed by atoms with Gasteiger partial charge in [-0.1, -0.05) is 19.3 Å². The number of nitrogens with two attached hydrogens (primary N) is 1. The van der Waals surface area contributed by atoms with Gasteiger partial charge >= 0.3 is 0 Å². The van der Waals surface area contributed by atoms with Gasteiger partial charge in [0, 0.05) is 19.1 Å². The fraction of sp³-hybridized carbons (Fsp3) is 0.714. The largest absolute Gasteiger partial charge is 0.383 e. The highest BCUT2D eigenvalue weighted by Gasteiger charge is 2.31. The summed E-state index contributed by atoms with van der Waals surface area (Å²) >= 11 is 3.43. The van der Waals surface area contributed by atoms with E-state index in [9.17, 15) is 4.79 Å². The molecule has 1 heterocycles. The molecule has 0 amide bonds. The molecule has 2 atom stereocenters. The van der Waals surface area contributed by atoms with Crippen LogP contribution < -0.4 is 5.73 Å². The molecular weight excluding hydrogens is 322 g/mol. The molecule has 0 spiro atoms. The van der Waals surface area contributed by atoms with Crippen LogP contribution in [0.5, 0.6) is 0 Å². The molecule has 1 aliphatic carbocycles. The highest BCUT2D eigenvalue weighted by molar-refractivity contribution is 9.10. The first kappa shape index (κ1) is 15.7. The van der Waals surface area contributed by atoms with E-state index in [1.807, 2.05) is 0 Å². The quantitative estimate of drug-likeness (QED) is 0.658. The topological polar surface area (TPSA) is 70.1 Å². The van der Waals surface area contributed by atoms with E-state index in [1.54, 1.807) is 18.0 Å². The number of Topliss-reactive ketones (excluding diaryl/α,β-unsaturated/α-hetero) is 1. The predicted molar refractivity (Wildman–Crippen MR) is 80.7 cm³/mol. The molecule has 2 unspecified atom stereocenters. The minimum atomic E-state index is -0.0909. The Kier molecular flexibility index (Phi) is 5.74. The molecule has 0 radical (unpaired) electrons. The molecule has 1 aromatic rings. The number of rotatable bonds is 5. The lowest BCUT2D eigenvalue weighted by atomic mass is 9.89. The number of carbonyl (C=O) groups is 1. The fourth-order valence-corrected chi connectivity index (χ4v) is 3.28. The molecule has 0 bridgehead atoms. The van der Waals surface area contributed by atoms with Crippen LogP contribution in [0.4, 0.5) is 0 Å². The third-order valence-corrected chi connectivity index (χ3v) is 4.52. The number of ether oxygens (including phenoxy) is 1. The third kappa shape index (κ3) is 3.48. The Morgan fingerprint density at radius 1 is 1.50 bits per heavy atom. The molecule has 5 nitrogen and oxygen atoms in total. The molecule has 2 rings (SSSR count). The first-order valence-corrected chi connectivity index (χ1v) is 7.94. The van der Waals surface area contributed by atoms with Crippen molar-refractivity contribution in [2.24, 2.45) is 11.7 Å². The van der Waals surface area contributed by atoms with Crippen molar-refractivity contribution in [1.29, 1.82) is 0 Å². The Balaban J connectivity index is 2.20. The summed E-state index contributed by atoms with van der Waals surface area (Å²) in [6.07, 6.45) is 6.85. The lowest BCUT2D eigenvalue weighted by Crippen LogP contribution is -2.36. The van der Waals surface area contributed by atoms with Gasteiger partial charge in [0.2, 0.25) is 0 Å². The van der Waals surface area contributed by atoms with Crippen LogP contribution in [0.1, 0.15) is 42.6 Å². The van der Waals surface area contributed by atoms with Gasteiger partial charge in [-0.2, -0.15) is 5.10 Å². The normalized spacial score (nSPS) is 23.6. The van der Waals surface area contributed by atoms with Gasteiger partial charge in [-0.25, -0.2) is 0 Å². The number of nitrogens with zero attached hydrogens (tertiary/aromatic N) is 2. The molecule has 1 aliphatic rings. The van der Waals surface area contributed by atoms with Gasteiger partial charge in [-0.15, -0.1) is 0 Å². The van der Waals surface area contributed by atoms with Gasteiger partial charge in [0.25, 0.3) is 0 Å². The monoisotopic (exact) mass is 343 g/mol. The number of halogens is 1. The number of ketones is 1. The summed E-state index contributed by atoms with van der Waals surface area (Å²) < 4.78 is 7.53. The van der Waals surface area contributed by atoms with E-state index in [4.69, 9.17) is 10.5 Å². The molecule has 1 fully saturated rings. The molecule has 0 saturated heterocycles. The van der Waals surface area contributed by atoms with Gasteiger partial charge < -0.3 is 10.5 Å². The molecule has 0 aromatic carbocycles. The van der Waals surface area contributed by atoms with Crippen molar-refractivity contribution in [3.05, 3.63) is 16.4 Å². The van der Waals surface area contributed by atoms with Gasteiger partial charge in [-0.3, -0.25) is 9.48 Å². The minimum absolute atomic E-state index is 0.0392. The van der Waals surface area contributed by atoms with Crippen LogP contribution in [-0.4, -0.2) is 35.3 Å². The van der Waals surface area contributed by atoms with Crippen LogP contribution in [0.2, 0.25) is 0 Å². The molecular formula is C14H22BrN3O2. The van der Waals surface area contributed by atoms with Gasteiger partial charge in [0.05, 0.1) is 23.8 Å². The molecule has 6 heteroatoms. The van der Waals surface area contributed by atoms with Crippen LogP contribution in [0.3, 0.4) is 0 Å². The summed E-state index contributed by atoms with van der Waals surface area (Å²) in [6.45, 7) is 1.11. The molecule has 20 heavy (non-hydrogen) atoms. The standard InChI is InChI=1S/C14H22BrN3O2/c1-20-8-7-18-13(11(15)9-17-18)14(19)10-5-3-2-4-6-12(10)16/h9-10,12H,2-8,16H2,1H3. The van der Waals surface area contributed by atoms with Crippen molar-refractivity contribution in [1.82, 2.24) is 9.78 Å². The van der Waals surface area contributed by atoms with E-state index in [-0.39, 0.29) is 17.7 Å². The first-order valence-electron chi connectivity index (χ1n) is 7.15. The average molecular weight is 344 g/mol. The second-order valence-electron chi connectivity index (χ2n) is 5.33. The summed E-state index contributed by atoms with van der Waals surface area (Å²) in [5.74, 6) is 0.0201. The van der Waals surface area contributed by atoms with Crippen LogP contribution in [0.15, 0.2) is 10.7 Å². The van der Waals surface area contributed by atoms with E-state index in [0.29, 0.717) is 18.8 Å². The van der Waals surface area contributed by atoms with Crippen LogP contribution in [0, 0.1) is 5.92 Å². The Morgan fingerprint density at radius 3 is 3.00 bits per heavy atom. The van der Waals surface area contributed by atoms with E-state index >= 15 is 0 Å². The Morgan fingerprint density at radius 2 is 2.25 bits per heavy atom. The summed E-state index contributed by atoms with van der Waals surface area (Å²) in [6, 6.07) is -0.0392. The van der Waals surface area contributed by atoms with Gasteiger partial charge in [0.1, 0.15) is 5.69 Å². The van der Waals surface area contributed by atoms with E-state index in [1.165, 1.54) is 6.42 Å². The number of carbonyl (C=O) groups excluding carboxylic acids is 1. The Hall–Kier alpha value is -0.720. The highest BCUT2D eigenvalue weighted by atomic mass is 79.9. The number of aromatic nitrogens is 2. The zero-order valence-corrected chi connectivity index (χ0v) is 13.4. The van der Waals surface area contributed by atoms with Crippen molar-refractivity contribution in [3.63, 3.8) is 0 Å². The van der Waals surface area contributed by atoms with Crippen molar-refractivity contribution >= 4 is 21.7 Å². The van der Waals surface area contributed by atoms with E-state index < -0.39 is 0 Å². The molecule has 112 valence electrons. The summed E-state index contributed by atoms with van der Waals surface area (Å²) in [5, 5.41) is 4.25. The fourth-order valence-electron chi connectivity index (χ4n) is 2.79. The highest BCUT2D eigenvalue weighted by Crippen LogP contribution is 2.28. The Labute approximate surface area is 128 Å². The SMILES string of the molecule is COCCn1ncc(Br)c1C(=O)C1CCCCCC1N. The Bertz CT molecular complexity index is 461. The summed E-state index contributed by atoms with van der Waals surface area (Å²) in [7, 11) is 1.64. The zero-order valence-electron chi connectivity index (χ0n) is 11.8. The molecule has 2 N–H and O–H groups in total. The smallest absolute Gasteiger partial charge is 0.186 e. The van der Waals surface area contributed by atoms with Gasteiger partial charge in [-0.05, 0) is 28.8 Å². The van der Waals surface area contributed by atoms with Crippen molar-refractivity contribution in [2.75, 3.05) is 13.7 Å². The minimum Gasteiger partial charge on any atom is -0.383 e. The predicted octanol–water partition coefficient (Wildman–Crippen LogP) is 2.38. The maximum Gasteiger partial charge on any atom is 0.186 e. The van der Waals surface area contributed by atoms with E-state index in [0.717, 1.165) is 30.2 Å². The maximum absolute atomic E-state index is 12.8. The summed E-state index contributed by atoms with van der Waals surface area (Å²) in [4.78, 5) is 12.8. The maximum atomic E-state index is 12.8. The molecule has 1 saturated carbocycles. The lowest BCUT2D eigenvalue weighted by molar-refractivity contribution is 0.0879. The second kappa shape index (κ2) is 7.33.